The van der Waals surface area contributed by atoms with Crippen LogP contribution in [0.1, 0.15) is 0 Å². The summed E-state index contributed by atoms with van der Waals surface area (Å²) in [5, 5.41) is 0. The average Bonchev–Trinajstić information content (AvgIpc) is 1.12. The van der Waals surface area contributed by atoms with Crippen LogP contribution in [0.4, 0.5) is 4.70 Å². The Morgan fingerprint density at radius 3 is 0.571 bits per heavy atom. The summed E-state index contributed by atoms with van der Waals surface area (Å²) in [7, 11) is -10.8. The first kappa shape index (κ1) is 36.1. The molecular weight excluding hydrogens is 329 g/mol. The van der Waals surface area contributed by atoms with E-state index in [4.69, 9.17) is 38.5 Å². The van der Waals surface area contributed by atoms with Crippen molar-refractivity contribution in [1.82, 2.24) is 0 Å². The van der Waals surface area contributed by atoms with Crippen LogP contribution in [-0.4, -0.2) is 113 Å². The van der Waals surface area contributed by atoms with Crippen molar-refractivity contribution in [3.05, 3.63) is 0 Å². The van der Waals surface area contributed by atoms with E-state index in [0.29, 0.717) is 0 Å². The van der Waals surface area contributed by atoms with Crippen LogP contribution < -0.4 is 29.4 Å². The van der Waals surface area contributed by atoms with E-state index < -0.39 is 15.6 Å². The minimum atomic E-state index is -5.39. The van der Waals surface area contributed by atoms with Gasteiger partial charge in [-0.25, -0.2) is 0 Å². The average molecular weight is 330 g/mol. The molecule has 0 aliphatic carbocycles. The van der Waals surface area contributed by atoms with Crippen molar-refractivity contribution in [2.24, 2.45) is 0 Å². The molecule has 0 bridgehead atoms. The molecule has 8 nitrogen and oxygen atoms in total. The minimum Gasteiger partial charge on any atom is -0.822 e. The Morgan fingerprint density at radius 1 is 0.571 bits per heavy atom. The maximum Gasteiger partial charge on any atom is 2.00 e. The number of halogens is 1. The molecule has 0 aromatic carbocycles. The number of phosphoric acid groups is 2. The van der Waals surface area contributed by atoms with Crippen molar-refractivity contribution >= 4 is 129 Å². The van der Waals surface area contributed by atoms with E-state index in [1.807, 2.05) is 0 Å². The Bertz CT molecular complexity index is 135. The molecule has 0 rings (SSSR count). The summed E-state index contributed by atoms with van der Waals surface area (Å²) >= 11 is 0. The van der Waals surface area contributed by atoms with E-state index in [2.05, 4.69) is 0 Å². The second-order valence-corrected chi connectivity index (χ2v) is 2.68. The first-order valence-corrected chi connectivity index (χ1v) is 4.38. The smallest absolute Gasteiger partial charge is 0.822 e. The second-order valence-electron chi connectivity index (χ2n) is 0.894. The molecule has 14 heteroatoms. The summed E-state index contributed by atoms with van der Waals surface area (Å²) in [4.78, 5) is 51.3. The standard InChI is InChI=1S/3Ca.FH.2H3O4P/c;;;;2*1-5(2,3)4/h;;;1H;2*(H3,1,2,3,4)/q3*+2;;;/p-6. The van der Waals surface area contributed by atoms with Gasteiger partial charge in [0, 0.05) is 0 Å². The van der Waals surface area contributed by atoms with Crippen LogP contribution in [0.3, 0.4) is 0 Å². The predicted octanol–water partition coefficient (Wildman–Crippen LogP) is -6.64. The number of rotatable bonds is 0. The van der Waals surface area contributed by atoms with Gasteiger partial charge in [0.15, 0.2) is 0 Å². The van der Waals surface area contributed by atoms with E-state index >= 15 is 0 Å². The summed E-state index contributed by atoms with van der Waals surface area (Å²) < 4.78 is 17.1. The maximum atomic E-state index is 8.55. The van der Waals surface area contributed by atoms with Gasteiger partial charge in [0.25, 0.3) is 0 Å². The first-order valence-electron chi connectivity index (χ1n) is 1.46. The fourth-order valence-corrected chi connectivity index (χ4v) is 0. The molecule has 0 aromatic heterocycles. The Balaban J connectivity index is -0.0000000178. The fourth-order valence-electron chi connectivity index (χ4n) is 0. The molecule has 0 atom stereocenters. The molecular formula is HCa3FO8P2. The van der Waals surface area contributed by atoms with Crippen LogP contribution in [0.15, 0.2) is 0 Å². The third-order valence-electron chi connectivity index (χ3n) is 0. The third kappa shape index (κ3) is 230. The molecule has 0 radical (unpaired) electrons. The van der Waals surface area contributed by atoms with Gasteiger partial charge < -0.3 is 38.5 Å². The molecule has 0 unspecified atom stereocenters. The zero-order chi connectivity index (χ0) is 9.00. The van der Waals surface area contributed by atoms with Crippen molar-refractivity contribution in [2.75, 3.05) is 0 Å². The maximum absolute atomic E-state index is 8.55. The van der Waals surface area contributed by atoms with E-state index in [-0.39, 0.29) is 118 Å². The summed E-state index contributed by atoms with van der Waals surface area (Å²) in [5.41, 5.74) is 0. The predicted molar refractivity (Wildman–Crippen MR) is 35.0 cm³/mol. The topological polar surface area (TPSA) is 172 Å². The molecule has 0 N–H and O–H groups in total. The molecule has 14 heavy (non-hydrogen) atoms. The Morgan fingerprint density at radius 2 is 0.571 bits per heavy atom. The van der Waals surface area contributed by atoms with Gasteiger partial charge in [-0.2, -0.15) is 15.6 Å². The summed E-state index contributed by atoms with van der Waals surface area (Å²) in [5.74, 6) is 0. The van der Waals surface area contributed by atoms with E-state index in [1.165, 1.54) is 0 Å². The number of hydrogen-bond acceptors (Lipinski definition) is 8. The van der Waals surface area contributed by atoms with Crippen molar-refractivity contribution < 1.29 is 43.2 Å². The van der Waals surface area contributed by atoms with Gasteiger partial charge >= 0.3 is 113 Å². The molecule has 0 saturated heterocycles. The first-order chi connectivity index (χ1) is 4.00. The Hall–Kier alpha value is 3.93. The van der Waals surface area contributed by atoms with Crippen LogP contribution in [0.2, 0.25) is 0 Å². The molecule has 0 aromatic rings. The fraction of sp³-hybridized carbons (Fsp3) is 0. The summed E-state index contributed by atoms with van der Waals surface area (Å²) in [6, 6.07) is 0. The number of hydrogen-bond donors (Lipinski definition) is 0. The molecule has 0 saturated carbocycles. The summed E-state index contributed by atoms with van der Waals surface area (Å²) in [6.45, 7) is 0. The largest absolute Gasteiger partial charge is 2.00 e. The minimum absolute atomic E-state index is 0. The van der Waals surface area contributed by atoms with Gasteiger partial charge in [-0.1, -0.05) is 0 Å². The molecule has 72 valence electrons. The Labute approximate surface area is 168 Å². The van der Waals surface area contributed by atoms with E-state index in [1.54, 1.807) is 0 Å². The van der Waals surface area contributed by atoms with E-state index in [9.17, 15) is 0 Å². The quantitative estimate of drug-likeness (QED) is 0.311. The van der Waals surface area contributed by atoms with Crippen molar-refractivity contribution in [3.8, 4) is 0 Å². The van der Waals surface area contributed by atoms with Gasteiger partial charge in [0.1, 0.15) is 0 Å². The van der Waals surface area contributed by atoms with Crippen molar-refractivity contribution in [1.29, 1.82) is 0 Å². The SMILES string of the molecule is F.O=P([O-])([O-])[O-].O=P([O-])([O-])[O-].[Ca+2].[Ca+2].[Ca+2]. The van der Waals surface area contributed by atoms with Crippen LogP contribution in [-0.2, 0) is 9.13 Å². The second kappa shape index (κ2) is 16.9. The molecule has 0 spiro atoms. The van der Waals surface area contributed by atoms with Crippen molar-refractivity contribution in [2.45, 2.75) is 0 Å². The molecule has 0 aliphatic heterocycles. The van der Waals surface area contributed by atoms with Gasteiger partial charge in [-0.3, -0.25) is 4.70 Å². The normalized spacial score (nSPS) is 8.43. The zero-order valence-corrected chi connectivity index (χ0v) is 15.1. The Kier molecular flexibility index (Phi) is 43.7. The van der Waals surface area contributed by atoms with Gasteiger partial charge in [-0.15, -0.1) is 0 Å². The van der Waals surface area contributed by atoms with Crippen molar-refractivity contribution in [3.63, 3.8) is 0 Å². The van der Waals surface area contributed by atoms with Crippen LogP contribution in [0, 0.1) is 0 Å². The van der Waals surface area contributed by atoms with Gasteiger partial charge in [-0.05, 0) is 0 Å². The summed E-state index contributed by atoms with van der Waals surface area (Å²) in [6.07, 6.45) is 0. The van der Waals surface area contributed by atoms with Crippen LogP contribution in [0.25, 0.3) is 0 Å². The van der Waals surface area contributed by atoms with Gasteiger partial charge in [0.2, 0.25) is 0 Å². The van der Waals surface area contributed by atoms with Gasteiger partial charge in [0.05, 0.1) is 0 Å². The zero-order valence-electron chi connectivity index (χ0n) is 6.69. The van der Waals surface area contributed by atoms with E-state index in [0.717, 1.165) is 0 Å². The van der Waals surface area contributed by atoms with Crippen LogP contribution in [0.5, 0.6) is 0 Å². The molecule has 0 fully saturated rings. The molecule has 0 amide bonds. The van der Waals surface area contributed by atoms with Crippen LogP contribution >= 0.6 is 15.6 Å². The molecule has 0 heterocycles. The third-order valence-corrected chi connectivity index (χ3v) is 0. The molecule has 0 aliphatic rings. The monoisotopic (exact) mass is 330 g/mol.